The molecule has 0 aromatic heterocycles. The molecule has 0 fully saturated rings. The second-order valence-corrected chi connectivity index (χ2v) is 4.28. The molecule has 0 aliphatic rings. The van der Waals surface area contributed by atoms with Gasteiger partial charge in [-0.2, -0.15) is 39.5 Å². The first-order valence-corrected chi connectivity index (χ1v) is 5.09. The molecule has 0 aliphatic carbocycles. The van der Waals surface area contributed by atoms with Crippen molar-refractivity contribution in [2.45, 2.75) is 18.5 Å². The third-order valence-electron chi connectivity index (χ3n) is 2.00. The van der Waals surface area contributed by atoms with Crippen LogP contribution >= 0.6 is 15.9 Å². The van der Waals surface area contributed by atoms with Gasteiger partial charge in [0.05, 0.1) is 16.7 Å². The molecule has 0 aliphatic heterocycles. The third-order valence-corrected chi connectivity index (χ3v) is 2.46. The van der Waals surface area contributed by atoms with E-state index >= 15 is 0 Å². The lowest BCUT2D eigenvalue weighted by molar-refractivity contribution is -0.174. The van der Waals surface area contributed by atoms with Gasteiger partial charge in [0.1, 0.15) is 0 Å². The molecular weight excluding hydrogens is 359 g/mol. The fraction of sp³-hybridized carbons (Fsp3) is 0.333. The predicted octanol–water partition coefficient (Wildman–Crippen LogP) is 5.51. The van der Waals surface area contributed by atoms with Gasteiger partial charge in [0.2, 0.25) is 0 Å². The van der Waals surface area contributed by atoms with Crippen molar-refractivity contribution < 1.29 is 39.5 Å². The van der Waals surface area contributed by atoms with Gasteiger partial charge in [-0.1, -0.05) is 15.9 Å². The van der Waals surface area contributed by atoms with Gasteiger partial charge in [-0.25, -0.2) is 0 Å². The quantitative estimate of drug-likeness (QED) is 0.535. The van der Waals surface area contributed by atoms with E-state index in [2.05, 4.69) is 15.9 Å². The Morgan fingerprint density at radius 3 is 1.16 bits per heavy atom. The molecule has 0 bridgehead atoms. The highest BCUT2D eigenvalue weighted by atomic mass is 79.9. The zero-order valence-electron chi connectivity index (χ0n) is 8.43. The monoisotopic (exact) mass is 360 g/mol. The minimum absolute atomic E-state index is 0.0436. The number of alkyl halides is 9. The summed E-state index contributed by atoms with van der Waals surface area (Å²) >= 11 is 2.33. The lowest BCUT2D eigenvalue weighted by atomic mass is 9.99. The predicted molar refractivity (Wildman–Crippen MR) is 49.1 cm³/mol. The summed E-state index contributed by atoms with van der Waals surface area (Å²) in [7, 11) is 0. The summed E-state index contributed by atoms with van der Waals surface area (Å²) < 4.78 is 111. The molecule has 0 saturated carbocycles. The highest BCUT2D eigenvalue weighted by Gasteiger charge is 2.50. The van der Waals surface area contributed by atoms with Crippen molar-refractivity contribution in [1.29, 1.82) is 0 Å². The summed E-state index contributed by atoms with van der Waals surface area (Å²) in [5.41, 5.74) is -7.51. The molecule has 1 aromatic carbocycles. The summed E-state index contributed by atoms with van der Waals surface area (Å²) in [5.74, 6) is 0. The standard InChI is InChI=1S/C9H2BrF9/c10-3-1-4(7(11,12)13)6(9(17,18)19)5(2-3)8(14,15)16/h1-2H. The average molecular weight is 361 g/mol. The van der Waals surface area contributed by atoms with Crippen LogP contribution in [-0.2, 0) is 18.5 Å². The molecule has 0 saturated heterocycles. The Labute approximate surface area is 108 Å². The van der Waals surface area contributed by atoms with Crippen molar-refractivity contribution in [3.63, 3.8) is 0 Å². The Balaban J connectivity index is 3.80. The van der Waals surface area contributed by atoms with Gasteiger partial charge in [-0.05, 0) is 12.1 Å². The smallest absolute Gasteiger partial charge is 0.166 e. The molecule has 0 heterocycles. The van der Waals surface area contributed by atoms with Crippen LogP contribution in [0.3, 0.4) is 0 Å². The van der Waals surface area contributed by atoms with E-state index in [4.69, 9.17) is 0 Å². The van der Waals surface area contributed by atoms with Crippen molar-refractivity contribution in [3.8, 4) is 0 Å². The molecule has 0 N–H and O–H groups in total. The van der Waals surface area contributed by atoms with Crippen molar-refractivity contribution in [1.82, 2.24) is 0 Å². The molecule has 0 unspecified atom stereocenters. The van der Waals surface area contributed by atoms with Gasteiger partial charge in [0.25, 0.3) is 0 Å². The fourth-order valence-corrected chi connectivity index (χ4v) is 1.82. The Morgan fingerprint density at radius 2 is 0.947 bits per heavy atom. The number of benzene rings is 1. The Kier molecular flexibility index (Phi) is 3.88. The molecular formula is C9H2BrF9. The van der Waals surface area contributed by atoms with Gasteiger partial charge in [-0.15, -0.1) is 0 Å². The lowest BCUT2D eigenvalue weighted by Crippen LogP contribution is -2.23. The molecule has 1 aromatic rings. The minimum Gasteiger partial charge on any atom is -0.166 e. The van der Waals surface area contributed by atoms with E-state index in [1.165, 1.54) is 0 Å². The van der Waals surface area contributed by atoms with Crippen LogP contribution < -0.4 is 0 Å². The Hall–Kier alpha value is -0.930. The molecule has 0 atom stereocenters. The van der Waals surface area contributed by atoms with Crippen LogP contribution in [0.5, 0.6) is 0 Å². The summed E-state index contributed by atoms with van der Waals surface area (Å²) in [6.45, 7) is 0. The van der Waals surface area contributed by atoms with Crippen LogP contribution in [0.4, 0.5) is 39.5 Å². The fourth-order valence-electron chi connectivity index (χ4n) is 1.36. The van der Waals surface area contributed by atoms with Crippen molar-refractivity contribution in [2.24, 2.45) is 0 Å². The first kappa shape index (κ1) is 16.1. The summed E-state index contributed by atoms with van der Waals surface area (Å²) in [6.07, 6.45) is -16.9. The van der Waals surface area contributed by atoms with Crippen LogP contribution in [0.1, 0.15) is 16.7 Å². The average Bonchev–Trinajstić information content (AvgIpc) is 2.11. The molecule has 0 radical (unpaired) electrons. The number of halogens is 10. The molecule has 10 heteroatoms. The first-order valence-electron chi connectivity index (χ1n) is 4.29. The lowest BCUT2D eigenvalue weighted by Gasteiger charge is -2.21. The maximum Gasteiger partial charge on any atom is 0.417 e. The van der Waals surface area contributed by atoms with Gasteiger partial charge in [0, 0.05) is 4.47 Å². The minimum atomic E-state index is -5.78. The maximum absolute atomic E-state index is 12.5. The highest BCUT2D eigenvalue weighted by molar-refractivity contribution is 9.10. The van der Waals surface area contributed by atoms with Crippen molar-refractivity contribution >= 4 is 15.9 Å². The molecule has 108 valence electrons. The van der Waals surface area contributed by atoms with E-state index in [0.29, 0.717) is 0 Å². The van der Waals surface area contributed by atoms with Gasteiger partial charge in [-0.3, -0.25) is 0 Å². The second kappa shape index (κ2) is 4.57. The van der Waals surface area contributed by atoms with E-state index in [0.717, 1.165) is 0 Å². The second-order valence-electron chi connectivity index (χ2n) is 3.37. The van der Waals surface area contributed by atoms with Crippen LogP contribution in [0.15, 0.2) is 16.6 Å². The van der Waals surface area contributed by atoms with Gasteiger partial charge in [0.15, 0.2) is 0 Å². The maximum atomic E-state index is 12.5. The Morgan fingerprint density at radius 1 is 0.632 bits per heavy atom. The molecule has 0 spiro atoms. The van der Waals surface area contributed by atoms with E-state index in [9.17, 15) is 39.5 Å². The topological polar surface area (TPSA) is 0 Å². The summed E-state index contributed by atoms with van der Waals surface area (Å²) in [5, 5.41) is 0. The zero-order valence-corrected chi connectivity index (χ0v) is 10.0. The summed E-state index contributed by atoms with van der Waals surface area (Å²) in [6, 6.07) is -0.0872. The van der Waals surface area contributed by atoms with Crippen LogP contribution in [0, 0.1) is 0 Å². The van der Waals surface area contributed by atoms with Gasteiger partial charge < -0.3 is 0 Å². The Bertz CT molecular complexity index is 445. The van der Waals surface area contributed by atoms with E-state index < -0.39 is 39.7 Å². The summed E-state index contributed by atoms with van der Waals surface area (Å²) in [4.78, 5) is 0. The number of hydrogen-bond donors (Lipinski definition) is 0. The SMILES string of the molecule is FC(F)(F)c1cc(Br)cc(C(F)(F)F)c1C(F)(F)F. The number of rotatable bonds is 0. The van der Waals surface area contributed by atoms with E-state index in [1.54, 1.807) is 0 Å². The first-order chi connectivity index (χ1) is 8.24. The van der Waals surface area contributed by atoms with Crippen molar-refractivity contribution in [3.05, 3.63) is 33.3 Å². The van der Waals surface area contributed by atoms with E-state index in [-0.39, 0.29) is 12.1 Å². The molecule has 0 nitrogen and oxygen atoms in total. The highest BCUT2D eigenvalue weighted by Crippen LogP contribution is 2.47. The molecule has 19 heavy (non-hydrogen) atoms. The van der Waals surface area contributed by atoms with Crippen LogP contribution in [-0.4, -0.2) is 0 Å². The number of hydrogen-bond acceptors (Lipinski definition) is 0. The normalized spacial score (nSPS) is 13.8. The largest absolute Gasteiger partial charge is 0.417 e. The van der Waals surface area contributed by atoms with Gasteiger partial charge >= 0.3 is 18.5 Å². The third kappa shape index (κ3) is 3.54. The molecule has 1 rings (SSSR count). The zero-order chi connectivity index (χ0) is 15.2. The molecule has 0 amide bonds. The van der Waals surface area contributed by atoms with Crippen LogP contribution in [0.25, 0.3) is 0 Å². The van der Waals surface area contributed by atoms with Crippen molar-refractivity contribution in [2.75, 3.05) is 0 Å². The van der Waals surface area contributed by atoms with E-state index in [1.807, 2.05) is 0 Å². The van der Waals surface area contributed by atoms with Crippen LogP contribution in [0.2, 0.25) is 0 Å².